The number of nitrogens with two attached hydrogens (primary N) is 1. The number of aliphatic hydroxyl groups excluding tert-OH is 1. The Morgan fingerprint density at radius 3 is 2.60 bits per heavy atom. The normalized spacial score (nSPS) is 20.6. The molecule has 2 rings (SSSR count). The molecule has 0 bridgehead atoms. The summed E-state index contributed by atoms with van der Waals surface area (Å²) in [6, 6.07) is 8.33. The lowest BCUT2D eigenvalue weighted by atomic mass is 9.93. The number of nitrogens with zero attached hydrogens (tertiary/aromatic N) is 1. The molecule has 20 heavy (non-hydrogen) atoms. The maximum absolute atomic E-state index is 9.69. The number of hydrogen-bond acceptors (Lipinski definition) is 4. The molecule has 0 radical (unpaired) electrons. The summed E-state index contributed by atoms with van der Waals surface area (Å²) >= 11 is 0. The van der Waals surface area contributed by atoms with Gasteiger partial charge in [-0.3, -0.25) is 4.90 Å². The average molecular weight is 278 g/mol. The highest BCUT2D eigenvalue weighted by molar-refractivity contribution is 5.37. The average Bonchev–Trinajstić information content (AvgIpc) is 2.49. The van der Waals surface area contributed by atoms with Crippen LogP contribution < -0.4 is 10.5 Å². The third kappa shape index (κ3) is 3.32. The number of ether oxygens (including phenoxy) is 1. The summed E-state index contributed by atoms with van der Waals surface area (Å²) in [6.07, 6.45) is 2.40. The number of para-hydroxylation sites is 1. The first-order valence-corrected chi connectivity index (χ1v) is 7.48. The minimum Gasteiger partial charge on any atom is -0.496 e. The van der Waals surface area contributed by atoms with Gasteiger partial charge < -0.3 is 15.6 Å². The van der Waals surface area contributed by atoms with E-state index in [1.165, 1.54) is 0 Å². The van der Waals surface area contributed by atoms with Gasteiger partial charge in [-0.15, -0.1) is 0 Å². The van der Waals surface area contributed by atoms with E-state index in [-0.39, 0.29) is 18.2 Å². The summed E-state index contributed by atoms with van der Waals surface area (Å²) in [7, 11) is 1.70. The Balaban J connectivity index is 2.27. The van der Waals surface area contributed by atoms with Gasteiger partial charge in [-0.25, -0.2) is 0 Å². The van der Waals surface area contributed by atoms with Crippen LogP contribution in [0.5, 0.6) is 5.75 Å². The molecule has 1 aliphatic heterocycles. The predicted molar refractivity (Wildman–Crippen MR) is 80.8 cm³/mol. The maximum atomic E-state index is 9.69. The van der Waals surface area contributed by atoms with Gasteiger partial charge in [-0.1, -0.05) is 25.1 Å². The van der Waals surface area contributed by atoms with Crippen molar-refractivity contribution >= 4 is 0 Å². The third-order valence-electron chi connectivity index (χ3n) is 4.23. The zero-order valence-corrected chi connectivity index (χ0v) is 12.5. The first-order chi connectivity index (χ1) is 9.67. The van der Waals surface area contributed by atoms with Crippen molar-refractivity contribution in [2.75, 3.05) is 20.2 Å². The van der Waals surface area contributed by atoms with Gasteiger partial charge in [-0.2, -0.15) is 0 Å². The summed E-state index contributed by atoms with van der Waals surface area (Å²) in [5.41, 5.74) is 7.53. The van der Waals surface area contributed by atoms with E-state index >= 15 is 0 Å². The van der Waals surface area contributed by atoms with Crippen molar-refractivity contribution in [3.63, 3.8) is 0 Å². The maximum Gasteiger partial charge on any atom is 0.123 e. The first kappa shape index (κ1) is 15.3. The zero-order chi connectivity index (χ0) is 14.5. The molecule has 1 aromatic rings. The number of benzene rings is 1. The topological polar surface area (TPSA) is 58.7 Å². The molecule has 4 nitrogen and oxygen atoms in total. The van der Waals surface area contributed by atoms with E-state index in [4.69, 9.17) is 10.5 Å². The molecule has 1 fully saturated rings. The number of hydrogen-bond donors (Lipinski definition) is 2. The molecule has 1 aromatic carbocycles. The highest BCUT2D eigenvalue weighted by Gasteiger charge is 2.30. The van der Waals surface area contributed by atoms with Crippen molar-refractivity contribution in [2.24, 2.45) is 5.73 Å². The molecule has 2 unspecified atom stereocenters. The van der Waals surface area contributed by atoms with Crippen molar-refractivity contribution in [3.05, 3.63) is 29.8 Å². The second-order valence-corrected chi connectivity index (χ2v) is 5.53. The van der Waals surface area contributed by atoms with E-state index < -0.39 is 0 Å². The monoisotopic (exact) mass is 278 g/mol. The second-order valence-electron chi connectivity index (χ2n) is 5.53. The van der Waals surface area contributed by atoms with E-state index in [0.29, 0.717) is 0 Å². The summed E-state index contributed by atoms with van der Waals surface area (Å²) < 4.78 is 5.50. The number of piperidine rings is 1. The van der Waals surface area contributed by atoms with Gasteiger partial charge in [0.25, 0.3) is 0 Å². The van der Waals surface area contributed by atoms with Gasteiger partial charge in [0, 0.05) is 24.7 Å². The van der Waals surface area contributed by atoms with E-state index in [1.54, 1.807) is 7.11 Å². The van der Waals surface area contributed by atoms with Gasteiger partial charge in [0.05, 0.1) is 19.3 Å². The van der Waals surface area contributed by atoms with E-state index in [1.807, 2.05) is 18.2 Å². The number of methoxy groups -OCH3 is 1. The number of likely N-dealkylation sites (tertiary alicyclic amines) is 1. The van der Waals surface area contributed by atoms with E-state index in [9.17, 15) is 5.11 Å². The zero-order valence-electron chi connectivity index (χ0n) is 12.5. The van der Waals surface area contributed by atoms with Crippen LogP contribution in [-0.2, 0) is 0 Å². The molecular weight excluding hydrogens is 252 g/mol. The third-order valence-corrected chi connectivity index (χ3v) is 4.23. The summed E-state index contributed by atoms with van der Waals surface area (Å²) in [4.78, 5) is 2.39. The van der Waals surface area contributed by atoms with Crippen molar-refractivity contribution in [1.82, 2.24) is 4.90 Å². The van der Waals surface area contributed by atoms with Crippen molar-refractivity contribution in [3.8, 4) is 5.75 Å². The molecule has 1 heterocycles. The molecule has 0 spiro atoms. The Bertz CT molecular complexity index is 417. The van der Waals surface area contributed by atoms with E-state index in [0.717, 1.165) is 43.7 Å². The van der Waals surface area contributed by atoms with Crippen LogP contribution >= 0.6 is 0 Å². The molecule has 4 heteroatoms. The molecule has 0 aliphatic carbocycles. The quantitative estimate of drug-likeness (QED) is 0.864. The minimum absolute atomic E-state index is 0.0709. The summed E-state index contributed by atoms with van der Waals surface area (Å²) in [5.74, 6) is 0.896. The summed E-state index contributed by atoms with van der Waals surface area (Å²) in [5, 5.41) is 9.69. The minimum atomic E-state index is -0.164. The Labute approximate surface area is 121 Å². The van der Waals surface area contributed by atoms with Crippen molar-refractivity contribution in [2.45, 2.75) is 44.4 Å². The molecule has 0 aromatic heterocycles. The molecule has 0 amide bonds. The molecule has 1 aliphatic rings. The number of rotatable bonds is 5. The van der Waals surface area contributed by atoms with Gasteiger partial charge in [0.15, 0.2) is 0 Å². The van der Waals surface area contributed by atoms with E-state index in [2.05, 4.69) is 17.9 Å². The van der Waals surface area contributed by atoms with Crippen LogP contribution in [0.3, 0.4) is 0 Å². The highest BCUT2D eigenvalue weighted by Crippen LogP contribution is 2.33. The Morgan fingerprint density at radius 1 is 1.35 bits per heavy atom. The van der Waals surface area contributed by atoms with Crippen LogP contribution in [0, 0.1) is 0 Å². The molecule has 1 saturated heterocycles. The SMILES string of the molecule is CCC(N)C(c1ccccc1OC)N1CCC(O)CC1. The van der Waals surface area contributed by atoms with Crippen LogP contribution in [-0.4, -0.2) is 42.4 Å². The summed E-state index contributed by atoms with van der Waals surface area (Å²) in [6.45, 7) is 3.89. The van der Waals surface area contributed by atoms with Crippen LogP contribution in [0.4, 0.5) is 0 Å². The Kier molecular flexibility index (Phi) is 5.40. The fraction of sp³-hybridized carbons (Fsp3) is 0.625. The van der Waals surface area contributed by atoms with Gasteiger partial charge >= 0.3 is 0 Å². The van der Waals surface area contributed by atoms with Gasteiger partial charge in [0.1, 0.15) is 5.75 Å². The van der Waals surface area contributed by atoms with Crippen molar-refractivity contribution in [1.29, 1.82) is 0 Å². The van der Waals surface area contributed by atoms with Crippen LogP contribution in [0.2, 0.25) is 0 Å². The lowest BCUT2D eigenvalue weighted by molar-refractivity contribution is 0.0522. The number of aliphatic hydroxyl groups is 1. The lowest BCUT2D eigenvalue weighted by Gasteiger charge is -2.39. The van der Waals surface area contributed by atoms with Crippen LogP contribution in [0.25, 0.3) is 0 Å². The van der Waals surface area contributed by atoms with Gasteiger partial charge in [0.2, 0.25) is 0 Å². The predicted octanol–water partition coefficient (Wildman–Crippen LogP) is 1.93. The highest BCUT2D eigenvalue weighted by atomic mass is 16.5. The van der Waals surface area contributed by atoms with Crippen LogP contribution in [0.15, 0.2) is 24.3 Å². The molecule has 0 saturated carbocycles. The Hall–Kier alpha value is -1.10. The molecule has 3 N–H and O–H groups in total. The molecule has 112 valence electrons. The molecular formula is C16H26N2O2. The molecule has 2 atom stereocenters. The van der Waals surface area contributed by atoms with Crippen LogP contribution in [0.1, 0.15) is 37.8 Å². The Morgan fingerprint density at radius 2 is 2.00 bits per heavy atom. The van der Waals surface area contributed by atoms with Crippen molar-refractivity contribution < 1.29 is 9.84 Å². The fourth-order valence-electron chi connectivity index (χ4n) is 3.00. The standard InChI is InChI=1S/C16H26N2O2/c1-3-14(17)16(18-10-8-12(19)9-11-18)13-6-4-5-7-15(13)20-2/h4-7,12,14,16,19H,3,8-11,17H2,1-2H3. The lowest BCUT2D eigenvalue weighted by Crippen LogP contribution is -2.45. The second kappa shape index (κ2) is 7.07. The fourth-order valence-corrected chi connectivity index (χ4v) is 3.00. The van der Waals surface area contributed by atoms with Gasteiger partial charge in [-0.05, 0) is 25.3 Å². The smallest absolute Gasteiger partial charge is 0.123 e. The first-order valence-electron chi connectivity index (χ1n) is 7.48. The largest absolute Gasteiger partial charge is 0.496 e.